The molecule has 3 saturated heterocycles. The monoisotopic (exact) mass is 1570 g/mol. The lowest BCUT2D eigenvalue weighted by Gasteiger charge is -2.43. The molecule has 27 heteroatoms. The lowest BCUT2D eigenvalue weighted by atomic mass is 9.58. The summed E-state index contributed by atoms with van der Waals surface area (Å²) in [4.78, 5) is 179. The summed E-state index contributed by atoms with van der Waals surface area (Å²) in [5.41, 5.74) is 4.87. The van der Waals surface area contributed by atoms with E-state index in [-0.39, 0.29) is 112 Å². The molecule has 10 unspecified atom stereocenters. The van der Waals surface area contributed by atoms with Crippen LogP contribution in [0.2, 0.25) is 0 Å². The number of aliphatic hydroxyl groups excluding tert-OH is 1. The zero-order valence-electron chi connectivity index (χ0n) is 70.5. The third-order valence-electron chi connectivity index (χ3n) is 22.3. The van der Waals surface area contributed by atoms with Gasteiger partial charge in [-0.3, -0.25) is 67.2 Å². The quantitative estimate of drug-likeness (QED) is 0.00700. The number of hydrogen-bond donors (Lipinski definition) is 7. The number of benzene rings is 3. The standard InChI is InChI=1S/C60H88N6O14.C13H20N2O.C10H16O3.C2H6O/c1-16-57(4,5)44(49(69)63-29-18-28-61-47(67)36-20-24-38(25-21-36)64(12)13)41(52(72)73)33-59(8,9)45-40(50(70)66(51(45)71)31-19-30-62-48(68)37-22-26-39(27-23-37)65(14)15)32-60(10,11)46(55(77)79-17-2)42(53(74)75)34-58(6,7)43-35(3)54(76)80-56(43)78;1-15(2)12-8-6-11(7-9-12)13(16)5-3-4-10-14;1-5-10(3,4)7-6(2)8(11)13-9(7)12;1-2-3/h20-27,35,40-46H,16-19,28-34H2,1-15H3,(H,61,67)(H,62,68)(H,63,69)(H,72,73)(H,74,75);6-9H,3-5,10,14H2,1-2H3;6-7H,5H2,1-4H3;3H,2H2,1H3. The number of cyclic esters (lactones) is 4. The Morgan fingerprint density at radius 2 is 0.902 bits per heavy atom. The molecule has 0 bridgehead atoms. The summed E-state index contributed by atoms with van der Waals surface area (Å²) in [7, 11) is 11.5. The molecule has 0 saturated carbocycles. The zero-order valence-corrected chi connectivity index (χ0v) is 70.5. The molecular weight excluding hydrogens is 1440 g/mol. The van der Waals surface area contributed by atoms with Gasteiger partial charge in [0, 0.05) is 115 Å². The van der Waals surface area contributed by atoms with Gasteiger partial charge in [-0.25, -0.2) is 0 Å². The largest absolute Gasteiger partial charge is 0.481 e. The number of imide groups is 1. The van der Waals surface area contributed by atoms with Gasteiger partial charge >= 0.3 is 41.8 Å². The lowest BCUT2D eigenvalue weighted by molar-refractivity contribution is -0.166. The Labute approximate surface area is 663 Å². The van der Waals surface area contributed by atoms with Gasteiger partial charge in [0.1, 0.15) is 0 Å². The highest BCUT2D eigenvalue weighted by Crippen LogP contribution is 2.54. The smallest absolute Gasteiger partial charge is 0.318 e. The van der Waals surface area contributed by atoms with Crippen molar-refractivity contribution in [2.24, 2.45) is 92.0 Å². The van der Waals surface area contributed by atoms with Crippen molar-refractivity contribution < 1.29 is 91.9 Å². The number of likely N-dealkylation sites (tertiary alicyclic amines) is 1. The molecule has 0 aromatic heterocycles. The molecule has 6 rings (SSSR count). The number of carbonyl (C=O) groups is 13. The maximum atomic E-state index is 15.2. The van der Waals surface area contributed by atoms with Crippen molar-refractivity contribution in [3.05, 3.63) is 89.5 Å². The molecule has 3 fully saturated rings. The van der Waals surface area contributed by atoms with Gasteiger partial charge in [0.15, 0.2) is 5.78 Å². The topological polar surface area (TPSA) is 385 Å². The van der Waals surface area contributed by atoms with E-state index in [1.807, 2.05) is 121 Å². The van der Waals surface area contributed by atoms with Crippen molar-refractivity contribution >= 4 is 94.2 Å². The van der Waals surface area contributed by atoms with Crippen molar-refractivity contribution in [3.63, 3.8) is 0 Å². The number of rotatable bonds is 38. The molecule has 3 aromatic carbocycles. The molecule has 0 spiro atoms. The van der Waals surface area contributed by atoms with Crippen molar-refractivity contribution in [1.82, 2.24) is 20.9 Å². The average Bonchev–Trinajstić information content (AvgIpc) is 1.58. The number of amides is 5. The molecule has 3 aromatic rings. The Morgan fingerprint density at radius 1 is 0.509 bits per heavy atom. The zero-order chi connectivity index (χ0) is 85.3. The van der Waals surface area contributed by atoms with Crippen LogP contribution in [0.3, 0.4) is 0 Å². The van der Waals surface area contributed by atoms with Gasteiger partial charge in [-0.2, -0.15) is 0 Å². The fourth-order valence-corrected chi connectivity index (χ4v) is 15.4. The number of carbonyl (C=O) groups excluding carboxylic acids is 11. The van der Waals surface area contributed by atoms with Crippen LogP contribution in [0.4, 0.5) is 17.1 Å². The van der Waals surface area contributed by atoms with Crippen molar-refractivity contribution in [2.75, 3.05) is 103 Å². The van der Waals surface area contributed by atoms with Crippen LogP contribution in [0.5, 0.6) is 0 Å². The van der Waals surface area contributed by atoms with Crippen molar-refractivity contribution in [2.45, 2.75) is 175 Å². The van der Waals surface area contributed by atoms with Gasteiger partial charge < -0.3 is 65.9 Å². The number of carboxylic acids is 2. The molecule has 10 atom stereocenters. The predicted molar refractivity (Wildman–Crippen MR) is 430 cm³/mol. The van der Waals surface area contributed by atoms with Gasteiger partial charge in [0.25, 0.3) is 11.8 Å². The van der Waals surface area contributed by atoms with E-state index in [2.05, 4.69) is 20.7 Å². The Hall–Kier alpha value is -9.11. The molecule has 0 aliphatic carbocycles. The minimum atomic E-state index is -1.55. The Bertz CT molecular complexity index is 3700. The number of esters is 5. The number of aliphatic hydroxyl groups is 1. The van der Waals surface area contributed by atoms with Gasteiger partial charge in [0.2, 0.25) is 17.7 Å². The predicted octanol–water partition coefficient (Wildman–Crippen LogP) is 10.5. The van der Waals surface area contributed by atoms with Crippen LogP contribution in [0.25, 0.3) is 0 Å². The highest BCUT2D eigenvalue weighted by molar-refractivity contribution is 6.06. The first-order valence-electron chi connectivity index (χ1n) is 39.1. The fourth-order valence-electron chi connectivity index (χ4n) is 15.4. The Morgan fingerprint density at radius 3 is 1.28 bits per heavy atom. The van der Waals surface area contributed by atoms with Gasteiger partial charge in [-0.15, -0.1) is 0 Å². The van der Waals surface area contributed by atoms with E-state index in [4.69, 9.17) is 20.3 Å². The number of ether oxygens (including phenoxy) is 3. The van der Waals surface area contributed by atoms with Crippen LogP contribution in [-0.2, 0) is 62.2 Å². The third kappa shape index (κ3) is 26.5. The summed E-state index contributed by atoms with van der Waals surface area (Å²) in [6, 6.07) is 21.7. The van der Waals surface area contributed by atoms with E-state index in [0.717, 1.165) is 46.8 Å². The molecule has 27 nitrogen and oxygen atoms in total. The Balaban J connectivity index is 0.000000829. The second-order valence-electron chi connectivity index (χ2n) is 33.6. The van der Waals surface area contributed by atoms with E-state index >= 15 is 9.59 Å². The van der Waals surface area contributed by atoms with Gasteiger partial charge in [-0.1, -0.05) is 110 Å². The molecule has 3 heterocycles. The summed E-state index contributed by atoms with van der Waals surface area (Å²) >= 11 is 0. The number of unbranched alkanes of at least 4 members (excludes halogenated alkanes) is 1. The van der Waals surface area contributed by atoms with Crippen LogP contribution in [0.1, 0.15) is 206 Å². The summed E-state index contributed by atoms with van der Waals surface area (Å²) in [5, 5.41) is 38.3. The molecule has 5 amide bonds. The molecule has 112 heavy (non-hydrogen) atoms. The minimum absolute atomic E-state index is 0.0660. The highest BCUT2D eigenvalue weighted by Gasteiger charge is 2.60. The second kappa shape index (κ2) is 43.2. The van der Waals surface area contributed by atoms with Crippen LogP contribution in [0, 0.1) is 86.3 Å². The summed E-state index contributed by atoms with van der Waals surface area (Å²) in [5.74, 6) is -18.8. The molecular formula is C85H130N8O19. The van der Waals surface area contributed by atoms with Crippen LogP contribution >= 0.6 is 0 Å². The van der Waals surface area contributed by atoms with E-state index in [1.54, 1.807) is 113 Å². The average molecular weight is 1570 g/mol. The number of nitrogens with two attached hydrogens (primary N) is 1. The maximum absolute atomic E-state index is 15.2. The number of anilines is 3. The SMILES string of the molecule is CCC(C)(C)C1C(=O)OC(=O)C1C.CCO.CCOC(=O)C(C(CC(C)(C)C1C(=O)OC(=O)C1C)C(=O)O)C(C)(C)CC1C(=O)N(CCCNC(=O)c2ccc(N(C)C)cc2)C(=O)C1C(C)(C)CC(C(=O)O)C(C(=O)NCCCNC(=O)c1ccc(N(C)C)cc1)C(C)(C)CC.CN(C)c1ccc(C(=O)CCCCN)cc1. The first-order chi connectivity index (χ1) is 52.1. The van der Waals surface area contributed by atoms with Gasteiger partial charge in [-0.05, 0) is 165 Å². The molecule has 0 radical (unpaired) electrons. The van der Waals surface area contributed by atoms with E-state index in [1.165, 1.54) is 6.92 Å². The number of ketones is 1. The summed E-state index contributed by atoms with van der Waals surface area (Å²) in [6.45, 7) is 28.8. The van der Waals surface area contributed by atoms with E-state index in [0.29, 0.717) is 36.9 Å². The number of aliphatic carboxylic acids is 2. The second-order valence-corrected chi connectivity index (χ2v) is 33.6. The lowest BCUT2D eigenvalue weighted by Crippen LogP contribution is -2.49. The number of hydrogen-bond acceptors (Lipinski definition) is 21. The number of Topliss-reactive ketones (excluding diaryl/α,β-unsaturated/α-hetero) is 1. The first-order valence-corrected chi connectivity index (χ1v) is 39.1. The van der Waals surface area contributed by atoms with Crippen LogP contribution in [0.15, 0.2) is 72.8 Å². The molecule has 8 N–H and O–H groups in total. The third-order valence-corrected chi connectivity index (χ3v) is 22.3. The number of carboxylic acid groups (broad SMARTS) is 2. The fraction of sp³-hybridized carbons (Fsp3) is 0.635. The van der Waals surface area contributed by atoms with Crippen LogP contribution < -0.4 is 36.4 Å². The van der Waals surface area contributed by atoms with E-state index < -0.39 is 117 Å². The number of nitrogens with zero attached hydrogens (tertiary/aromatic N) is 4. The maximum Gasteiger partial charge on any atom is 0.318 e. The minimum Gasteiger partial charge on any atom is -0.481 e. The highest BCUT2D eigenvalue weighted by atomic mass is 16.6. The van der Waals surface area contributed by atoms with Crippen molar-refractivity contribution in [1.29, 1.82) is 0 Å². The number of nitrogens with one attached hydrogen (secondary N) is 3. The summed E-state index contributed by atoms with van der Waals surface area (Å²) < 4.78 is 15.1. The first kappa shape index (κ1) is 97.1. The van der Waals surface area contributed by atoms with Crippen LogP contribution in [-0.4, -0.2) is 186 Å². The summed E-state index contributed by atoms with van der Waals surface area (Å²) in [6.07, 6.45) is 3.26. The molecule has 3 aliphatic rings. The molecule has 624 valence electrons. The van der Waals surface area contributed by atoms with E-state index in [9.17, 15) is 63.0 Å². The van der Waals surface area contributed by atoms with Crippen molar-refractivity contribution in [3.8, 4) is 0 Å². The molecule has 3 aliphatic heterocycles. The normalized spacial score (nSPS) is 18.8. The van der Waals surface area contributed by atoms with Gasteiger partial charge in [0.05, 0.1) is 65.8 Å². The Kier molecular flexibility index (Phi) is 37.5.